The van der Waals surface area contributed by atoms with Gasteiger partial charge in [-0.25, -0.2) is 0 Å². The Kier molecular flexibility index (Phi) is 2.96. The van der Waals surface area contributed by atoms with Gasteiger partial charge in [-0.2, -0.15) is 0 Å². The van der Waals surface area contributed by atoms with Crippen LogP contribution in [0.15, 0.2) is 0 Å². The van der Waals surface area contributed by atoms with Crippen molar-refractivity contribution < 1.29 is 5.11 Å². The van der Waals surface area contributed by atoms with Gasteiger partial charge in [-0.3, -0.25) is 0 Å². The molecule has 3 rings (SSSR count). The van der Waals surface area contributed by atoms with Crippen LogP contribution < -0.4 is 5.73 Å². The van der Waals surface area contributed by atoms with Crippen molar-refractivity contribution in [3.8, 4) is 0 Å². The molecule has 3 saturated carbocycles. The number of nitrogens with two attached hydrogens (primary N) is 1. The van der Waals surface area contributed by atoms with Crippen molar-refractivity contribution in [1.29, 1.82) is 0 Å². The predicted octanol–water partition coefficient (Wildman–Crippen LogP) is 1.41. The van der Waals surface area contributed by atoms with E-state index in [1.165, 1.54) is 6.42 Å². The molecule has 0 amide bonds. The number of aliphatic hydroxyl groups excluding tert-OH is 1. The number of hydrogen-bond donors (Lipinski definition) is 2. The van der Waals surface area contributed by atoms with Crippen LogP contribution >= 0.6 is 12.4 Å². The smallest absolute Gasteiger partial charge is 0.0474 e. The highest BCUT2D eigenvalue weighted by Crippen LogP contribution is 2.59. The second-order valence-corrected chi connectivity index (χ2v) is 5.12. The van der Waals surface area contributed by atoms with Gasteiger partial charge in [0.05, 0.1) is 0 Å². The molecule has 0 heterocycles. The highest BCUT2D eigenvalue weighted by atomic mass is 35.5. The Labute approximate surface area is 86.3 Å². The first-order valence-corrected chi connectivity index (χ1v) is 4.93. The van der Waals surface area contributed by atoms with Gasteiger partial charge >= 0.3 is 0 Å². The Morgan fingerprint density at radius 3 is 2.38 bits per heavy atom. The maximum absolute atomic E-state index is 9.09. The van der Waals surface area contributed by atoms with Gasteiger partial charge in [0.2, 0.25) is 0 Å². The van der Waals surface area contributed by atoms with E-state index in [0.29, 0.717) is 17.3 Å². The molecule has 2 nitrogen and oxygen atoms in total. The van der Waals surface area contributed by atoms with Crippen LogP contribution in [0, 0.1) is 23.2 Å². The molecular weight excluding hydrogens is 186 g/mol. The Morgan fingerprint density at radius 2 is 2.00 bits per heavy atom. The fraction of sp³-hybridized carbons (Fsp3) is 1.00. The first kappa shape index (κ1) is 11.3. The van der Waals surface area contributed by atoms with E-state index in [0.717, 1.165) is 12.3 Å². The van der Waals surface area contributed by atoms with E-state index >= 15 is 0 Å². The van der Waals surface area contributed by atoms with Crippen LogP contribution in [0.4, 0.5) is 0 Å². The summed E-state index contributed by atoms with van der Waals surface area (Å²) in [5.74, 6) is 1.86. The van der Waals surface area contributed by atoms with Crippen LogP contribution in [0.1, 0.15) is 26.7 Å². The van der Waals surface area contributed by atoms with Gasteiger partial charge in [0.1, 0.15) is 0 Å². The molecule has 3 N–H and O–H groups in total. The van der Waals surface area contributed by atoms with E-state index in [9.17, 15) is 0 Å². The number of fused-ring (bicyclic) bond motifs is 2. The van der Waals surface area contributed by atoms with Gasteiger partial charge in [0.15, 0.2) is 0 Å². The van der Waals surface area contributed by atoms with E-state index in [4.69, 9.17) is 10.8 Å². The van der Waals surface area contributed by atoms with E-state index in [1.54, 1.807) is 0 Å². The molecule has 3 aliphatic rings. The quantitative estimate of drug-likeness (QED) is 0.680. The number of hydrogen-bond acceptors (Lipinski definition) is 2. The van der Waals surface area contributed by atoms with Gasteiger partial charge in [0.25, 0.3) is 0 Å². The SMILES string of the molecule is CC1(C)C2CC(CO)C(N)C1C2.Cl. The summed E-state index contributed by atoms with van der Waals surface area (Å²) in [5.41, 5.74) is 6.54. The summed E-state index contributed by atoms with van der Waals surface area (Å²) in [6.07, 6.45) is 2.44. The van der Waals surface area contributed by atoms with Crippen LogP contribution in [0.3, 0.4) is 0 Å². The molecule has 3 fully saturated rings. The molecular formula is C10H20ClNO. The monoisotopic (exact) mass is 205 g/mol. The number of halogens is 1. The molecule has 2 bridgehead atoms. The van der Waals surface area contributed by atoms with Crippen molar-refractivity contribution in [1.82, 2.24) is 0 Å². The summed E-state index contributed by atoms with van der Waals surface area (Å²) >= 11 is 0. The third kappa shape index (κ3) is 1.39. The summed E-state index contributed by atoms with van der Waals surface area (Å²) < 4.78 is 0. The molecule has 4 atom stereocenters. The first-order chi connectivity index (χ1) is 5.57. The Bertz CT molecular complexity index is 195. The van der Waals surface area contributed by atoms with Crippen LogP contribution in [0.2, 0.25) is 0 Å². The second kappa shape index (κ2) is 3.41. The average Bonchev–Trinajstić information content (AvgIpc) is 2.03. The minimum atomic E-state index is 0. The summed E-state index contributed by atoms with van der Waals surface area (Å²) in [7, 11) is 0. The fourth-order valence-corrected chi connectivity index (χ4v) is 3.16. The van der Waals surface area contributed by atoms with Crippen LogP contribution in [0.25, 0.3) is 0 Å². The minimum absolute atomic E-state index is 0. The molecule has 0 spiro atoms. The summed E-state index contributed by atoms with van der Waals surface area (Å²) in [5, 5.41) is 9.09. The van der Waals surface area contributed by atoms with E-state index in [2.05, 4.69) is 13.8 Å². The van der Waals surface area contributed by atoms with Gasteiger partial charge in [-0.05, 0) is 36.0 Å². The van der Waals surface area contributed by atoms with E-state index < -0.39 is 0 Å². The van der Waals surface area contributed by atoms with Crippen LogP contribution in [0.5, 0.6) is 0 Å². The molecule has 78 valence electrons. The normalized spacial score (nSPS) is 46.2. The van der Waals surface area contributed by atoms with Gasteiger partial charge in [0, 0.05) is 12.6 Å². The number of aliphatic hydroxyl groups is 1. The topological polar surface area (TPSA) is 46.2 Å². The van der Waals surface area contributed by atoms with E-state index in [-0.39, 0.29) is 25.1 Å². The van der Waals surface area contributed by atoms with Crippen molar-refractivity contribution in [2.45, 2.75) is 32.7 Å². The highest BCUT2D eigenvalue weighted by molar-refractivity contribution is 5.85. The lowest BCUT2D eigenvalue weighted by molar-refractivity contribution is -0.113. The van der Waals surface area contributed by atoms with Crippen molar-refractivity contribution in [3.63, 3.8) is 0 Å². The summed E-state index contributed by atoms with van der Waals surface area (Å²) in [4.78, 5) is 0. The lowest BCUT2D eigenvalue weighted by Gasteiger charge is -2.61. The van der Waals surface area contributed by atoms with Crippen molar-refractivity contribution >= 4 is 12.4 Å². The molecule has 4 unspecified atom stereocenters. The summed E-state index contributed by atoms with van der Waals surface area (Å²) in [6.45, 7) is 4.92. The zero-order valence-corrected chi connectivity index (χ0v) is 9.18. The number of rotatable bonds is 1. The molecule has 0 aromatic carbocycles. The predicted molar refractivity (Wildman–Crippen MR) is 55.8 cm³/mol. The third-order valence-corrected chi connectivity index (χ3v) is 4.38. The molecule has 0 aromatic rings. The van der Waals surface area contributed by atoms with Crippen LogP contribution in [-0.2, 0) is 0 Å². The van der Waals surface area contributed by atoms with Crippen molar-refractivity contribution in [2.75, 3.05) is 6.61 Å². The molecule has 0 radical (unpaired) electrons. The maximum atomic E-state index is 9.09. The molecule has 0 saturated heterocycles. The molecule has 3 aliphatic carbocycles. The van der Waals surface area contributed by atoms with Crippen molar-refractivity contribution in [3.05, 3.63) is 0 Å². The molecule has 0 aliphatic heterocycles. The largest absolute Gasteiger partial charge is 0.396 e. The molecule has 13 heavy (non-hydrogen) atoms. The molecule has 0 aromatic heterocycles. The summed E-state index contributed by atoms with van der Waals surface area (Å²) in [6, 6.07) is 0.245. The third-order valence-electron chi connectivity index (χ3n) is 4.38. The first-order valence-electron chi connectivity index (χ1n) is 4.93. The van der Waals surface area contributed by atoms with E-state index in [1.807, 2.05) is 0 Å². The fourth-order valence-electron chi connectivity index (χ4n) is 3.16. The lowest BCUT2D eigenvalue weighted by Crippen LogP contribution is -2.61. The Morgan fingerprint density at radius 1 is 1.38 bits per heavy atom. The lowest BCUT2D eigenvalue weighted by atomic mass is 9.45. The Balaban J connectivity index is 0.000000845. The highest BCUT2D eigenvalue weighted by Gasteiger charge is 2.56. The standard InChI is InChI=1S/C10H19NO.ClH/c1-10(2)7-3-6(5-12)9(11)8(10)4-7;/h6-9,12H,3-5,11H2,1-2H3;1H. The average molecular weight is 206 g/mol. The van der Waals surface area contributed by atoms with Gasteiger partial charge in [-0.1, -0.05) is 13.8 Å². The Hall–Kier alpha value is 0.210. The molecule has 3 heteroatoms. The zero-order valence-electron chi connectivity index (χ0n) is 8.36. The zero-order chi connectivity index (χ0) is 8.93. The van der Waals surface area contributed by atoms with Gasteiger partial charge in [-0.15, -0.1) is 12.4 Å². The van der Waals surface area contributed by atoms with Crippen molar-refractivity contribution in [2.24, 2.45) is 28.9 Å². The van der Waals surface area contributed by atoms with Gasteiger partial charge < -0.3 is 10.8 Å². The maximum Gasteiger partial charge on any atom is 0.0474 e. The van der Waals surface area contributed by atoms with Crippen LogP contribution in [-0.4, -0.2) is 17.8 Å². The second-order valence-electron chi connectivity index (χ2n) is 5.12. The minimum Gasteiger partial charge on any atom is -0.396 e.